The van der Waals surface area contributed by atoms with Crippen LogP contribution in [-0.2, 0) is 42.2 Å². The minimum Gasteiger partial charge on any atom is -0.462 e. The van der Waals surface area contributed by atoms with Gasteiger partial charge in [0, 0.05) is 19.3 Å². The molecule has 0 saturated heterocycles. The Balaban J connectivity index is 4.76. The van der Waals surface area contributed by atoms with Gasteiger partial charge in [-0.1, -0.05) is 191 Å². The summed E-state index contributed by atoms with van der Waals surface area (Å²) >= 11 is 0. The molecule has 0 spiro atoms. The van der Waals surface area contributed by atoms with Gasteiger partial charge in [0.15, 0.2) is 6.10 Å². The van der Waals surface area contributed by atoms with Gasteiger partial charge >= 0.3 is 25.7 Å². The van der Waals surface area contributed by atoms with Crippen LogP contribution in [-0.4, -0.2) is 66.5 Å². The first kappa shape index (κ1) is 63.4. The number of allylic oxidation sites excluding steroid dienone is 8. The fourth-order valence-electron chi connectivity index (χ4n) is 7.19. The normalized spacial score (nSPS) is 13.8. The van der Waals surface area contributed by atoms with E-state index in [4.69, 9.17) is 23.3 Å². The summed E-state index contributed by atoms with van der Waals surface area (Å²) in [7, 11) is -4.74. The zero-order valence-electron chi connectivity index (χ0n) is 42.2. The van der Waals surface area contributed by atoms with Gasteiger partial charge in [-0.15, -0.1) is 0 Å². The van der Waals surface area contributed by atoms with Crippen molar-refractivity contribution in [1.82, 2.24) is 0 Å². The van der Waals surface area contributed by atoms with E-state index in [0.29, 0.717) is 19.3 Å². The summed E-state index contributed by atoms with van der Waals surface area (Å²) < 4.78 is 39.3. The van der Waals surface area contributed by atoms with Gasteiger partial charge in [0.1, 0.15) is 12.7 Å². The first-order chi connectivity index (χ1) is 32.2. The molecule has 0 saturated carbocycles. The van der Waals surface area contributed by atoms with Crippen molar-refractivity contribution in [2.45, 2.75) is 251 Å². The van der Waals surface area contributed by atoms with Crippen molar-refractivity contribution in [3.05, 3.63) is 48.6 Å². The van der Waals surface area contributed by atoms with Gasteiger partial charge in [-0.2, -0.15) is 0 Å². The summed E-state index contributed by atoms with van der Waals surface area (Å²) in [4.78, 5) is 48.2. The molecule has 3 unspecified atom stereocenters. The number of rotatable bonds is 49. The Morgan fingerprint density at radius 1 is 0.439 bits per heavy atom. The third-order valence-corrected chi connectivity index (χ3v) is 12.2. The predicted octanol–water partition coefficient (Wildman–Crippen LogP) is 15.0. The van der Waals surface area contributed by atoms with Crippen LogP contribution in [0.1, 0.15) is 239 Å². The minimum atomic E-state index is -4.74. The van der Waals surface area contributed by atoms with E-state index in [1.165, 1.54) is 89.9 Å². The van der Waals surface area contributed by atoms with E-state index in [1.807, 2.05) is 0 Å². The molecule has 0 aromatic rings. The molecular formula is C54H97O11P. The van der Waals surface area contributed by atoms with Gasteiger partial charge in [-0.05, 0) is 77.0 Å². The van der Waals surface area contributed by atoms with Crippen LogP contribution in [0.3, 0.4) is 0 Å². The lowest BCUT2D eigenvalue weighted by Crippen LogP contribution is -2.30. The Kier molecular flexibility index (Phi) is 47.0. The summed E-state index contributed by atoms with van der Waals surface area (Å²) in [5.74, 6) is -1.50. The highest BCUT2D eigenvalue weighted by Gasteiger charge is 2.28. The molecule has 66 heavy (non-hydrogen) atoms. The predicted molar refractivity (Wildman–Crippen MR) is 270 cm³/mol. The summed E-state index contributed by atoms with van der Waals surface area (Å²) in [6.45, 7) is 4.46. The van der Waals surface area contributed by atoms with Gasteiger partial charge in [-0.25, -0.2) is 4.57 Å². The number of phosphoric ester groups is 1. The summed E-state index contributed by atoms with van der Waals surface area (Å²) in [6.07, 6.45) is 49.5. The molecule has 0 aromatic heterocycles. The Labute approximate surface area is 403 Å². The van der Waals surface area contributed by atoms with Crippen molar-refractivity contribution in [2.24, 2.45) is 0 Å². The zero-order chi connectivity index (χ0) is 48.4. The minimum absolute atomic E-state index is 0.158. The Morgan fingerprint density at radius 3 is 1.24 bits per heavy atom. The van der Waals surface area contributed by atoms with E-state index in [-0.39, 0.29) is 25.9 Å². The third kappa shape index (κ3) is 46.5. The van der Waals surface area contributed by atoms with E-state index in [1.54, 1.807) is 0 Å². The third-order valence-electron chi connectivity index (χ3n) is 11.2. The Hall–Kier alpha value is -2.56. The van der Waals surface area contributed by atoms with Gasteiger partial charge < -0.3 is 24.2 Å². The van der Waals surface area contributed by atoms with Gasteiger partial charge in [0.05, 0.1) is 19.8 Å². The van der Waals surface area contributed by atoms with E-state index >= 15 is 0 Å². The number of aliphatic hydroxyl groups excluding tert-OH is 1. The van der Waals surface area contributed by atoms with Crippen molar-refractivity contribution in [1.29, 1.82) is 0 Å². The maximum atomic E-state index is 12.8. The monoisotopic (exact) mass is 953 g/mol. The van der Waals surface area contributed by atoms with Crippen LogP contribution in [0.2, 0.25) is 0 Å². The fraction of sp³-hybridized carbons (Fsp3) is 0.796. The first-order valence-electron chi connectivity index (χ1n) is 26.5. The molecule has 0 amide bonds. The topological polar surface area (TPSA) is 155 Å². The molecule has 3 atom stereocenters. The number of hydrogen-bond donors (Lipinski definition) is 2. The van der Waals surface area contributed by atoms with E-state index in [9.17, 15) is 28.9 Å². The Morgan fingerprint density at radius 2 is 0.788 bits per heavy atom. The van der Waals surface area contributed by atoms with Crippen molar-refractivity contribution >= 4 is 25.7 Å². The average Bonchev–Trinajstić information content (AvgIpc) is 3.30. The van der Waals surface area contributed by atoms with Crippen LogP contribution in [0, 0.1) is 0 Å². The second-order valence-electron chi connectivity index (χ2n) is 17.7. The highest BCUT2D eigenvalue weighted by atomic mass is 31.2. The quantitative estimate of drug-likeness (QED) is 0.0197. The second-order valence-corrected chi connectivity index (χ2v) is 19.1. The van der Waals surface area contributed by atoms with Crippen molar-refractivity contribution < 1.29 is 52.2 Å². The van der Waals surface area contributed by atoms with Gasteiger partial charge in [-0.3, -0.25) is 23.4 Å². The summed E-state index contributed by atoms with van der Waals surface area (Å²) in [5, 5.41) is 9.74. The molecule has 0 aromatic carbocycles. The molecule has 2 N–H and O–H groups in total. The highest BCUT2D eigenvalue weighted by molar-refractivity contribution is 7.47. The molecule has 0 aliphatic carbocycles. The Bertz CT molecular complexity index is 1300. The zero-order valence-corrected chi connectivity index (χ0v) is 43.1. The number of phosphoric acid groups is 1. The molecule has 0 heterocycles. The standard InChI is InChI=1S/C54H97O11P/c1-4-7-10-13-16-19-21-23-24-25-26-28-30-33-36-39-42-45-54(58)65-51(47-61-52(56)43-40-37-34-32-29-27-22-20-17-14-11-8-5-2)49-63-66(59,60)62-48-50(46-55)64-53(57)44-41-38-35-31-18-15-12-9-6-3/h8,11,17,20,23-24,27,29,50-51,55H,4-7,9-10,12-16,18-19,21-22,25-26,28,30-49H2,1-3H3,(H,59,60)/b11-8-,20-17-,24-23-,29-27-. The number of aliphatic hydroxyl groups is 1. The van der Waals surface area contributed by atoms with Crippen LogP contribution in [0.5, 0.6) is 0 Å². The number of carbonyl (C=O) groups excluding carboxylic acids is 3. The van der Waals surface area contributed by atoms with E-state index in [2.05, 4.69) is 69.4 Å². The molecule has 0 fully saturated rings. The molecule has 0 radical (unpaired) electrons. The van der Waals surface area contributed by atoms with Crippen molar-refractivity contribution in [3.8, 4) is 0 Å². The van der Waals surface area contributed by atoms with Crippen LogP contribution >= 0.6 is 7.82 Å². The molecule has 0 aliphatic heterocycles. The summed E-state index contributed by atoms with van der Waals surface area (Å²) in [5.41, 5.74) is 0. The molecule has 384 valence electrons. The second kappa shape index (κ2) is 48.9. The fourth-order valence-corrected chi connectivity index (χ4v) is 7.97. The highest BCUT2D eigenvalue weighted by Crippen LogP contribution is 2.43. The van der Waals surface area contributed by atoms with Crippen molar-refractivity contribution in [2.75, 3.05) is 26.4 Å². The molecule has 0 bridgehead atoms. The van der Waals surface area contributed by atoms with Crippen LogP contribution in [0.4, 0.5) is 0 Å². The molecule has 12 heteroatoms. The van der Waals surface area contributed by atoms with Crippen LogP contribution in [0.15, 0.2) is 48.6 Å². The van der Waals surface area contributed by atoms with Gasteiger partial charge in [0.25, 0.3) is 0 Å². The molecule has 0 rings (SSSR count). The van der Waals surface area contributed by atoms with Gasteiger partial charge in [0.2, 0.25) is 0 Å². The maximum absolute atomic E-state index is 12.8. The summed E-state index contributed by atoms with van der Waals surface area (Å²) in [6, 6.07) is 0. The largest absolute Gasteiger partial charge is 0.472 e. The molecule has 0 aliphatic rings. The number of hydrogen-bond acceptors (Lipinski definition) is 10. The number of esters is 3. The van der Waals surface area contributed by atoms with Crippen LogP contribution < -0.4 is 0 Å². The van der Waals surface area contributed by atoms with Crippen molar-refractivity contribution in [3.63, 3.8) is 0 Å². The first-order valence-corrected chi connectivity index (χ1v) is 28.0. The average molecular weight is 953 g/mol. The van der Waals surface area contributed by atoms with Crippen LogP contribution in [0.25, 0.3) is 0 Å². The smallest absolute Gasteiger partial charge is 0.462 e. The lowest BCUT2D eigenvalue weighted by molar-refractivity contribution is -0.161. The lowest BCUT2D eigenvalue weighted by Gasteiger charge is -2.21. The van der Waals surface area contributed by atoms with E-state index in [0.717, 1.165) is 89.9 Å². The number of unbranched alkanes of at least 4 members (excludes halogenated alkanes) is 24. The van der Waals surface area contributed by atoms with E-state index < -0.39 is 57.8 Å². The number of ether oxygens (including phenoxy) is 3. The molecule has 11 nitrogen and oxygen atoms in total. The SMILES string of the molecule is CC/C=C\C/C=C\C/C=C\CCCCCC(=O)OCC(COP(=O)(O)OCC(CO)OC(=O)CCCCCCCCCCC)OC(=O)CCCCCCCCC/C=C\CCCCCCCC. The number of carbonyl (C=O) groups is 3. The lowest BCUT2D eigenvalue weighted by atomic mass is 10.1. The molecular weight excluding hydrogens is 856 g/mol. The maximum Gasteiger partial charge on any atom is 0.472 e.